The Hall–Kier alpha value is -3.41. The van der Waals surface area contributed by atoms with Crippen LogP contribution in [0.2, 0.25) is 0 Å². The van der Waals surface area contributed by atoms with Gasteiger partial charge in [0.05, 0.1) is 11.0 Å². The molecule has 0 unspecified atom stereocenters. The third-order valence-electron chi connectivity index (χ3n) is 4.97. The minimum atomic E-state index is -0.242. The van der Waals surface area contributed by atoms with Gasteiger partial charge in [0.1, 0.15) is 5.82 Å². The zero-order valence-corrected chi connectivity index (χ0v) is 20.6. The first-order valence-electron chi connectivity index (χ1n) is 11.1. The summed E-state index contributed by atoms with van der Waals surface area (Å²) in [5.74, 6) is 0.537. The number of hydrogen-bond acceptors (Lipinski definition) is 7. The van der Waals surface area contributed by atoms with Gasteiger partial charge < -0.3 is 31.5 Å². The van der Waals surface area contributed by atoms with Crippen LogP contribution in [0.1, 0.15) is 26.2 Å². The number of amides is 4. The minimum absolute atomic E-state index is 0.0294. The number of urea groups is 1. The summed E-state index contributed by atoms with van der Waals surface area (Å²) >= 11 is 3.44. The van der Waals surface area contributed by atoms with Crippen LogP contribution in [-0.4, -0.2) is 65.4 Å². The number of nitrogens with zero attached hydrogens (tertiary/aromatic N) is 3. The number of nitrogens with one attached hydrogen (secondary N) is 5. The molecule has 0 atom stereocenters. The molecule has 0 aliphatic carbocycles. The lowest BCUT2D eigenvalue weighted by Crippen LogP contribution is -2.36. The normalized spacial score (nSPS) is 12.7. The van der Waals surface area contributed by atoms with Gasteiger partial charge in [-0.1, -0.05) is 6.07 Å². The van der Waals surface area contributed by atoms with Crippen molar-refractivity contribution >= 4 is 56.9 Å². The molecule has 34 heavy (non-hydrogen) atoms. The molecule has 11 nitrogen and oxygen atoms in total. The van der Waals surface area contributed by atoms with Crippen LogP contribution in [0.4, 0.5) is 27.9 Å². The van der Waals surface area contributed by atoms with E-state index in [4.69, 9.17) is 0 Å². The van der Waals surface area contributed by atoms with Crippen LogP contribution in [0, 0.1) is 0 Å². The summed E-state index contributed by atoms with van der Waals surface area (Å²) in [7, 11) is 0. The summed E-state index contributed by atoms with van der Waals surface area (Å²) < 4.78 is 0.708. The Bertz CT molecular complexity index is 1010. The maximum atomic E-state index is 12.3. The molecule has 5 N–H and O–H groups in total. The summed E-state index contributed by atoms with van der Waals surface area (Å²) in [6.07, 6.45) is 4.40. The fraction of sp³-hybridized carbons (Fsp3) is 0.409. The van der Waals surface area contributed by atoms with Crippen LogP contribution >= 0.6 is 15.9 Å². The zero-order chi connectivity index (χ0) is 24.3. The quantitative estimate of drug-likeness (QED) is 0.296. The second-order valence-corrected chi connectivity index (χ2v) is 8.61. The maximum Gasteiger partial charge on any atom is 0.321 e. The Morgan fingerprint density at radius 1 is 1.09 bits per heavy atom. The van der Waals surface area contributed by atoms with Gasteiger partial charge in [0.15, 0.2) is 0 Å². The topological polar surface area (TPSA) is 140 Å². The molecular formula is C22H29BrN8O3. The van der Waals surface area contributed by atoms with Gasteiger partial charge in [-0.15, -0.1) is 0 Å². The highest BCUT2D eigenvalue weighted by molar-refractivity contribution is 9.10. The fourth-order valence-electron chi connectivity index (χ4n) is 3.27. The molecule has 3 rings (SSSR count). The third-order valence-corrected chi connectivity index (χ3v) is 5.55. The second-order valence-electron chi connectivity index (χ2n) is 7.76. The summed E-state index contributed by atoms with van der Waals surface area (Å²) in [5.41, 5.74) is 1.44. The van der Waals surface area contributed by atoms with Crippen LogP contribution in [0.5, 0.6) is 0 Å². The van der Waals surface area contributed by atoms with Crippen molar-refractivity contribution in [2.24, 2.45) is 0 Å². The molecule has 4 amide bonds. The molecule has 1 saturated heterocycles. The standard InChI is InChI=1S/C22H29BrN8O3/c1-15(32)26-14-19(33)24-8-5-9-25-20-18(23)13-27-21(30-20)28-16-6-4-7-17(12-16)29-22(34)31-10-2-3-11-31/h4,6-7,12-13H,2-3,5,8-11,14H2,1H3,(H,24,33)(H,26,32)(H,29,34)(H2,25,27,28,30). The van der Waals surface area contributed by atoms with Crippen molar-refractivity contribution in [2.75, 3.05) is 48.7 Å². The van der Waals surface area contributed by atoms with Crippen LogP contribution in [0.25, 0.3) is 0 Å². The lowest BCUT2D eigenvalue weighted by molar-refractivity contribution is -0.125. The molecular weight excluding hydrogens is 504 g/mol. The van der Waals surface area contributed by atoms with E-state index in [1.165, 1.54) is 6.92 Å². The van der Waals surface area contributed by atoms with Crippen LogP contribution in [0.15, 0.2) is 34.9 Å². The Morgan fingerprint density at radius 2 is 1.85 bits per heavy atom. The average molecular weight is 533 g/mol. The number of rotatable bonds is 10. The molecule has 1 aliphatic heterocycles. The van der Waals surface area contributed by atoms with Crippen molar-refractivity contribution in [1.29, 1.82) is 0 Å². The third kappa shape index (κ3) is 8.18. The molecule has 2 heterocycles. The Kier molecular flexibility index (Phi) is 9.44. The maximum absolute atomic E-state index is 12.3. The van der Waals surface area contributed by atoms with Gasteiger partial charge in [-0.3, -0.25) is 9.59 Å². The summed E-state index contributed by atoms with van der Waals surface area (Å²) in [4.78, 5) is 45.3. The average Bonchev–Trinajstić information content (AvgIpc) is 3.35. The predicted octanol–water partition coefficient (Wildman–Crippen LogP) is 2.66. The molecule has 1 aromatic heterocycles. The molecule has 1 aliphatic rings. The van der Waals surface area contributed by atoms with Crippen molar-refractivity contribution in [3.8, 4) is 0 Å². The van der Waals surface area contributed by atoms with Crippen molar-refractivity contribution in [1.82, 2.24) is 25.5 Å². The van der Waals surface area contributed by atoms with Gasteiger partial charge >= 0.3 is 6.03 Å². The van der Waals surface area contributed by atoms with E-state index in [0.717, 1.165) is 31.6 Å². The van der Waals surface area contributed by atoms with Gasteiger partial charge in [0, 0.05) is 50.7 Å². The Morgan fingerprint density at radius 3 is 2.62 bits per heavy atom. The van der Waals surface area contributed by atoms with Crippen LogP contribution in [0.3, 0.4) is 0 Å². The first-order valence-corrected chi connectivity index (χ1v) is 11.9. The zero-order valence-electron chi connectivity index (χ0n) is 19.0. The van der Waals surface area contributed by atoms with Gasteiger partial charge in [-0.05, 0) is 53.4 Å². The number of carbonyl (C=O) groups excluding carboxylic acids is 3. The summed E-state index contributed by atoms with van der Waals surface area (Å²) in [6, 6.07) is 7.29. The number of anilines is 4. The van der Waals surface area contributed by atoms with E-state index < -0.39 is 0 Å². The largest absolute Gasteiger partial charge is 0.369 e. The molecule has 0 bridgehead atoms. The molecule has 0 radical (unpaired) electrons. The van der Waals surface area contributed by atoms with Crippen molar-refractivity contribution in [2.45, 2.75) is 26.2 Å². The number of benzene rings is 1. The smallest absolute Gasteiger partial charge is 0.321 e. The highest BCUT2D eigenvalue weighted by Crippen LogP contribution is 2.23. The summed E-state index contributed by atoms with van der Waals surface area (Å²) in [5, 5.41) is 14.5. The Labute approximate surface area is 206 Å². The van der Waals surface area contributed by atoms with Crippen molar-refractivity contribution in [3.05, 3.63) is 34.9 Å². The Balaban J connectivity index is 1.48. The fourth-order valence-corrected chi connectivity index (χ4v) is 3.60. The van der Waals surface area contributed by atoms with E-state index in [1.807, 2.05) is 29.2 Å². The monoisotopic (exact) mass is 532 g/mol. The molecule has 1 fully saturated rings. The van der Waals surface area contributed by atoms with E-state index >= 15 is 0 Å². The number of halogens is 1. The molecule has 1 aromatic carbocycles. The van der Waals surface area contributed by atoms with Gasteiger partial charge in [-0.25, -0.2) is 9.78 Å². The SMILES string of the molecule is CC(=O)NCC(=O)NCCCNc1nc(Nc2cccc(NC(=O)N3CCCC3)c2)ncc1Br. The number of aromatic nitrogens is 2. The van der Waals surface area contributed by atoms with E-state index in [2.05, 4.69) is 52.5 Å². The van der Waals surface area contributed by atoms with Gasteiger partial charge in [-0.2, -0.15) is 4.98 Å². The number of carbonyl (C=O) groups is 3. The number of likely N-dealkylation sites (tertiary alicyclic amines) is 1. The first-order chi connectivity index (χ1) is 16.4. The summed E-state index contributed by atoms with van der Waals surface area (Å²) in [6.45, 7) is 3.95. The second kappa shape index (κ2) is 12.7. The van der Waals surface area contributed by atoms with E-state index in [-0.39, 0.29) is 24.4 Å². The van der Waals surface area contributed by atoms with E-state index in [9.17, 15) is 14.4 Å². The first kappa shape index (κ1) is 25.2. The van der Waals surface area contributed by atoms with Crippen LogP contribution < -0.4 is 26.6 Å². The highest BCUT2D eigenvalue weighted by Gasteiger charge is 2.17. The predicted molar refractivity (Wildman–Crippen MR) is 134 cm³/mol. The molecule has 0 saturated carbocycles. The minimum Gasteiger partial charge on any atom is -0.369 e. The van der Waals surface area contributed by atoms with Gasteiger partial charge in [0.25, 0.3) is 0 Å². The molecule has 0 spiro atoms. The molecule has 182 valence electrons. The van der Waals surface area contributed by atoms with E-state index in [0.29, 0.717) is 41.4 Å². The number of hydrogen-bond donors (Lipinski definition) is 5. The van der Waals surface area contributed by atoms with Crippen LogP contribution in [-0.2, 0) is 9.59 Å². The lowest BCUT2D eigenvalue weighted by atomic mass is 10.3. The highest BCUT2D eigenvalue weighted by atomic mass is 79.9. The molecule has 2 aromatic rings. The van der Waals surface area contributed by atoms with Crippen molar-refractivity contribution < 1.29 is 14.4 Å². The lowest BCUT2D eigenvalue weighted by Gasteiger charge is -2.16. The van der Waals surface area contributed by atoms with E-state index in [1.54, 1.807) is 6.20 Å². The van der Waals surface area contributed by atoms with Crippen molar-refractivity contribution in [3.63, 3.8) is 0 Å². The molecule has 12 heteroatoms. The van der Waals surface area contributed by atoms with Gasteiger partial charge in [0.2, 0.25) is 17.8 Å².